The Morgan fingerprint density at radius 1 is 1.14 bits per heavy atom. The molecule has 3 N–H and O–H groups in total. The molecule has 0 heterocycles. The zero-order chi connectivity index (χ0) is 10.6. The second-order valence-electron chi connectivity index (χ2n) is 4.69. The summed E-state index contributed by atoms with van der Waals surface area (Å²) >= 11 is 0. The number of rotatable bonds is 4. The molecule has 3 heteroatoms. The predicted molar refractivity (Wildman–Crippen MR) is 57.1 cm³/mol. The highest BCUT2D eigenvalue weighted by Gasteiger charge is 2.25. The van der Waals surface area contributed by atoms with E-state index in [-0.39, 0.29) is 19.3 Å². The highest BCUT2D eigenvalue weighted by Crippen LogP contribution is 2.29. The first-order chi connectivity index (χ1) is 6.67. The summed E-state index contributed by atoms with van der Waals surface area (Å²) in [5, 5.41) is 21.2. The summed E-state index contributed by atoms with van der Waals surface area (Å²) in [4.78, 5) is 0. The molecule has 3 nitrogen and oxygen atoms in total. The van der Waals surface area contributed by atoms with Crippen LogP contribution >= 0.6 is 0 Å². The van der Waals surface area contributed by atoms with E-state index in [4.69, 9.17) is 10.2 Å². The van der Waals surface area contributed by atoms with Crippen LogP contribution in [-0.4, -0.2) is 35.5 Å². The lowest BCUT2D eigenvalue weighted by atomic mass is 9.79. The van der Waals surface area contributed by atoms with Crippen molar-refractivity contribution in [1.29, 1.82) is 0 Å². The molecule has 0 aromatic heterocycles. The molecule has 14 heavy (non-hydrogen) atoms. The van der Waals surface area contributed by atoms with Crippen molar-refractivity contribution in [3.8, 4) is 0 Å². The van der Waals surface area contributed by atoms with E-state index in [9.17, 15) is 0 Å². The van der Waals surface area contributed by atoms with Gasteiger partial charge in [-0.15, -0.1) is 0 Å². The van der Waals surface area contributed by atoms with E-state index in [1.54, 1.807) is 0 Å². The Bertz CT molecular complexity index is 159. The maximum Gasteiger partial charge on any atom is 0.0607 e. The first kappa shape index (κ1) is 12.0. The molecule has 0 unspecified atom stereocenters. The highest BCUT2D eigenvalue weighted by molar-refractivity contribution is 4.82. The first-order valence-corrected chi connectivity index (χ1v) is 5.65. The minimum atomic E-state index is -0.138. The third-order valence-electron chi connectivity index (χ3n) is 3.51. The van der Waals surface area contributed by atoms with Gasteiger partial charge in [-0.05, 0) is 31.1 Å². The first-order valence-electron chi connectivity index (χ1n) is 5.65. The number of hydrogen-bond acceptors (Lipinski definition) is 3. The van der Waals surface area contributed by atoms with E-state index in [1.165, 1.54) is 12.8 Å². The second kappa shape index (κ2) is 5.69. The average molecular weight is 201 g/mol. The van der Waals surface area contributed by atoms with Crippen LogP contribution < -0.4 is 5.32 Å². The van der Waals surface area contributed by atoms with E-state index < -0.39 is 0 Å². The zero-order valence-electron chi connectivity index (χ0n) is 9.24. The van der Waals surface area contributed by atoms with Crippen LogP contribution in [0, 0.1) is 11.8 Å². The van der Waals surface area contributed by atoms with Crippen molar-refractivity contribution in [2.24, 2.45) is 11.8 Å². The molecule has 0 aromatic rings. The van der Waals surface area contributed by atoms with Crippen molar-refractivity contribution >= 4 is 0 Å². The Labute approximate surface area is 86.5 Å². The molecule has 0 saturated heterocycles. The van der Waals surface area contributed by atoms with Crippen LogP contribution in [0.4, 0.5) is 0 Å². The molecule has 3 atom stereocenters. The molecule has 84 valence electrons. The van der Waals surface area contributed by atoms with Gasteiger partial charge in [0.25, 0.3) is 0 Å². The second-order valence-corrected chi connectivity index (χ2v) is 4.69. The molecule has 0 bridgehead atoms. The van der Waals surface area contributed by atoms with Gasteiger partial charge < -0.3 is 15.5 Å². The summed E-state index contributed by atoms with van der Waals surface area (Å²) in [6.45, 7) is 4.63. The Morgan fingerprint density at radius 2 is 1.79 bits per heavy atom. The fourth-order valence-electron chi connectivity index (χ4n) is 2.20. The Hall–Kier alpha value is -0.120. The van der Waals surface area contributed by atoms with Gasteiger partial charge in [0.2, 0.25) is 0 Å². The Balaban J connectivity index is 2.32. The third kappa shape index (κ3) is 3.23. The summed E-state index contributed by atoms with van der Waals surface area (Å²) in [6, 6.07) is 0.339. The topological polar surface area (TPSA) is 52.5 Å². The van der Waals surface area contributed by atoms with Crippen LogP contribution in [0.5, 0.6) is 0 Å². The normalized spacial score (nSPS) is 33.6. The summed E-state index contributed by atoms with van der Waals surface area (Å²) in [6.07, 6.45) is 3.59. The SMILES string of the molecule is C[C@@H]1CC[C@@H](NC(CO)CO)C[C@@H]1C. The molecule has 0 aliphatic heterocycles. The predicted octanol–water partition coefficient (Wildman–Crippen LogP) is 0.754. The lowest BCUT2D eigenvalue weighted by Gasteiger charge is -2.34. The fraction of sp³-hybridized carbons (Fsp3) is 1.00. The molecule has 0 aromatic carbocycles. The minimum absolute atomic E-state index is 0.0247. The number of nitrogens with one attached hydrogen (secondary N) is 1. The van der Waals surface area contributed by atoms with Gasteiger partial charge in [0, 0.05) is 6.04 Å². The fourth-order valence-corrected chi connectivity index (χ4v) is 2.20. The van der Waals surface area contributed by atoms with Gasteiger partial charge >= 0.3 is 0 Å². The molecule has 1 fully saturated rings. The van der Waals surface area contributed by atoms with E-state index in [0.717, 1.165) is 18.3 Å². The molecular weight excluding hydrogens is 178 g/mol. The van der Waals surface area contributed by atoms with Crippen LogP contribution in [0.25, 0.3) is 0 Å². The lowest BCUT2D eigenvalue weighted by Crippen LogP contribution is -2.45. The monoisotopic (exact) mass is 201 g/mol. The molecule has 1 saturated carbocycles. The molecule has 0 radical (unpaired) electrons. The summed E-state index contributed by atoms with van der Waals surface area (Å²) < 4.78 is 0. The van der Waals surface area contributed by atoms with E-state index in [1.807, 2.05) is 0 Å². The molecule has 0 spiro atoms. The van der Waals surface area contributed by atoms with Gasteiger partial charge in [-0.3, -0.25) is 0 Å². The highest BCUT2D eigenvalue weighted by atomic mass is 16.3. The molecule has 0 amide bonds. The third-order valence-corrected chi connectivity index (χ3v) is 3.51. The van der Waals surface area contributed by atoms with Crippen molar-refractivity contribution in [2.75, 3.05) is 13.2 Å². The molecule has 1 aliphatic carbocycles. The van der Waals surface area contributed by atoms with Crippen LogP contribution in [-0.2, 0) is 0 Å². The summed E-state index contributed by atoms with van der Waals surface area (Å²) in [5.41, 5.74) is 0. The van der Waals surface area contributed by atoms with Crippen molar-refractivity contribution in [3.63, 3.8) is 0 Å². The van der Waals surface area contributed by atoms with E-state index >= 15 is 0 Å². The Morgan fingerprint density at radius 3 is 2.29 bits per heavy atom. The van der Waals surface area contributed by atoms with Gasteiger partial charge in [0.05, 0.1) is 19.3 Å². The van der Waals surface area contributed by atoms with Gasteiger partial charge in [-0.25, -0.2) is 0 Å². The number of aliphatic hydroxyl groups excluding tert-OH is 2. The maximum absolute atomic E-state index is 8.95. The van der Waals surface area contributed by atoms with E-state index in [2.05, 4.69) is 19.2 Å². The van der Waals surface area contributed by atoms with E-state index in [0.29, 0.717) is 6.04 Å². The lowest BCUT2D eigenvalue weighted by molar-refractivity contribution is 0.139. The maximum atomic E-state index is 8.95. The minimum Gasteiger partial charge on any atom is -0.395 e. The van der Waals surface area contributed by atoms with Gasteiger partial charge in [-0.2, -0.15) is 0 Å². The van der Waals surface area contributed by atoms with Gasteiger partial charge in [0.1, 0.15) is 0 Å². The number of hydrogen-bond donors (Lipinski definition) is 3. The van der Waals surface area contributed by atoms with Crippen molar-refractivity contribution in [1.82, 2.24) is 5.32 Å². The van der Waals surface area contributed by atoms with Crippen LogP contribution in [0.3, 0.4) is 0 Å². The average Bonchev–Trinajstić information content (AvgIpc) is 2.19. The van der Waals surface area contributed by atoms with Crippen molar-refractivity contribution in [2.45, 2.75) is 45.2 Å². The van der Waals surface area contributed by atoms with Crippen molar-refractivity contribution in [3.05, 3.63) is 0 Å². The van der Waals surface area contributed by atoms with Crippen LogP contribution in [0.2, 0.25) is 0 Å². The van der Waals surface area contributed by atoms with Crippen LogP contribution in [0.1, 0.15) is 33.1 Å². The zero-order valence-corrected chi connectivity index (χ0v) is 9.24. The van der Waals surface area contributed by atoms with Gasteiger partial charge in [-0.1, -0.05) is 13.8 Å². The standard InChI is InChI=1S/C11H23NO2/c1-8-3-4-10(5-9(8)2)12-11(6-13)7-14/h8-14H,3-7H2,1-2H3/t8-,9+,10-/m1/s1. The van der Waals surface area contributed by atoms with Crippen LogP contribution in [0.15, 0.2) is 0 Å². The Kier molecular flexibility index (Phi) is 4.85. The molecule has 1 aliphatic rings. The number of aliphatic hydroxyl groups is 2. The summed E-state index contributed by atoms with van der Waals surface area (Å²) in [7, 11) is 0. The van der Waals surface area contributed by atoms with Crippen molar-refractivity contribution < 1.29 is 10.2 Å². The quantitative estimate of drug-likeness (QED) is 0.629. The summed E-state index contributed by atoms with van der Waals surface area (Å²) in [5.74, 6) is 1.56. The van der Waals surface area contributed by atoms with Gasteiger partial charge in [0.15, 0.2) is 0 Å². The molecular formula is C11H23NO2. The smallest absolute Gasteiger partial charge is 0.0607 e. The largest absolute Gasteiger partial charge is 0.395 e. The molecule has 1 rings (SSSR count).